The molecule has 0 fully saturated rings. The highest BCUT2D eigenvalue weighted by Crippen LogP contribution is 2.30. The normalized spacial score (nSPS) is 14.4. The number of esters is 1. The average Bonchev–Trinajstić information content (AvgIpc) is 2.44. The van der Waals surface area contributed by atoms with Gasteiger partial charge in [0.25, 0.3) is 0 Å². The van der Waals surface area contributed by atoms with Gasteiger partial charge in [-0.1, -0.05) is 6.07 Å². The molecule has 0 bridgehead atoms. The van der Waals surface area contributed by atoms with Gasteiger partial charge in [-0.2, -0.15) is 0 Å². The van der Waals surface area contributed by atoms with Crippen LogP contribution in [0, 0.1) is 16.0 Å². The van der Waals surface area contributed by atoms with Crippen LogP contribution in [0.4, 0.5) is 0 Å². The van der Waals surface area contributed by atoms with Crippen molar-refractivity contribution in [1.29, 1.82) is 0 Å². The molecule has 0 saturated heterocycles. The number of carbonyl (C=O) groups excluding carboxylic acids is 1. The van der Waals surface area contributed by atoms with Gasteiger partial charge in [-0.15, -0.1) is 0 Å². The van der Waals surface area contributed by atoms with Crippen molar-refractivity contribution < 1.29 is 19.6 Å². The van der Waals surface area contributed by atoms with E-state index in [9.17, 15) is 20.0 Å². The van der Waals surface area contributed by atoms with Crippen molar-refractivity contribution in [3.8, 4) is 0 Å². The number of aliphatic hydroxyl groups excluding tert-OH is 1. The quantitative estimate of drug-likeness (QED) is 0.480. The summed E-state index contributed by atoms with van der Waals surface area (Å²) in [5, 5.41) is 21.2. The van der Waals surface area contributed by atoms with Crippen LogP contribution in [0.25, 0.3) is 0 Å². The summed E-state index contributed by atoms with van der Waals surface area (Å²) in [6.45, 7) is 2.79. The third-order valence-electron chi connectivity index (χ3n) is 3.09. The summed E-state index contributed by atoms with van der Waals surface area (Å²) in [6.07, 6.45) is 0.0820. The van der Waals surface area contributed by atoms with E-state index in [2.05, 4.69) is 9.72 Å². The first-order chi connectivity index (χ1) is 9.29. The maximum absolute atomic E-state index is 11.8. The number of hydrogen-bond donors (Lipinski definition) is 1. The maximum atomic E-state index is 11.8. The lowest BCUT2D eigenvalue weighted by molar-refractivity contribution is -0.563. The van der Waals surface area contributed by atoms with Crippen molar-refractivity contribution >= 4 is 5.97 Å². The molecule has 20 heavy (non-hydrogen) atoms. The highest BCUT2D eigenvalue weighted by molar-refractivity contribution is 5.73. The minimum Gasteiger partial charge on any atom is -0.469 e. The van der Waals surface area contributed by atoms with Gasteiger partial charge in [0.05, 0.1) is 18.7 Å². The molecule has 0 saturated carbocycles. The van der Waals surface area contributed by atoms with Crippen LogP contribution in [0.15, 0.2) is 24.4 Å². The van der Waals surface area contributed by atoms with E-state index in [0.29, 0.717) is 0 Å². The molecule has 0 aromatic carbocycles. The van der Waals surface area contributed by atoms with Crippen LogP contribution in [0.2, 0.25) is 0 Å². The Morgan fingerprint density at radius 3 is 2.65 bits per heavy atom. The Morgan fingerprint density at radius 2 is 2.20 bits per heavy atom. The van der Waals surface area contributed by atoms with Crippen molar-refractivity contribution in [3.05, 3.63) is 40.2 Å². The summed E-state index contributed by atoms with van der Waals surface area (Å²) < 4.78 is 4.63. The van der Waals surface area contributed by atoms with Gasteiger partial charge in [0.15, 0.2) is 0 Å². The van der Waals surface area contributed by atoms with E-state index in [1.807, 2.05) is 0 Å². The van der Waals surface area contributed by atoms with Gasteiger partial charge in [0.1, 0.15) is 6.10 Å². The van der Waals surface area contributed by atoms with E-state index < -0.39 is 28.5 Å². The summed E-state index contributed by atoms with van der Waals surface area (Å²) in [5.74, 6) is -1.74. The fourth-order valence-corrected chi connectivity index (χ4v) is 1.84. The number of aromatic nitrogens is 1. The van der Waals surface area contributed by atoms with Crippen molar-refractivity contribution in [2.45, 2.75) is 31.9 Å². The predicted octanol–water partition coefficient (Wildman–Crippen LogP) is 1.35. The van der Waals surface area contributed by atoms with Gasteiger partial charge in [-0.3, -0.25) is 19.9 Å². The van der Waals surface area contributed by atoms with Crippen molar-refractivity contribution in [2.24, 2.45) is 5.92 Å². The van der Waals surface area contributed by atoms with E-state index in [1.165, 1.54) is 27.2 Å². The smallest absolute Gasteiger partial charge is 0.311 e. The molecule has 1 heterocycles. The average molecular weight is 282 g/mol. The first-order valence-corrected chi connectivity index (χ1v) is 6.11. The molecule has 1 aromatic heterocycles. The number of hydrogen-bond acceptors (Lipinski definition) is 6. The van der Waals surface area contributed by atoms with Gasteiger partial charge in [-0.05, 0) is 12.1 Å². The number of nitro groups is 1. The molecule has 2 unspecified atom stereocenters. The number of aliphatic hydroxyl groups is 1. The second-order valence-corrected chi connectivity index (χ2v) is 5.10. The second kappa shape index (κ2) is 6.42. The Hall–Kier alpha value is -2.02. The summed E-state index contributed by atoms with van der Waals surface area (Å²) in [7, 11) is 1.18. The first-order valence-electron chi connectivity index (χ1n) is 6.11. The van der Waals surface area contributed by atoms with Crippen LogP contribution < -0.4 is 0 Å². The molecule has 0 aliphatic heterocycles. The molecular weight excluding hydrogens is 264 g/mol. The zero-order chi connectivity index (χ0) is 15.3. The standard InChI is InChI=1S/C13H18N2O5/c1-13(2,15(18)19)8-9(12(17)20-3)11(16)10-6-4-5-7-14-10/h4-7,9,11,16H,8H2,1-3H3. The zero-order valence-corrected chi connectivity index (χ0v) is 11.6. The monoisotopic (exact) mass is 282 g/mol. The SMILES string of the molecule is COC(=O)C(CC(C)(C)[N+](=O)[O-])C(O)c1ccccn1. The Labute approximate surface area is 116 Å². The predicted molar refractivity (Wildman–Crippen MR) is 70.4 cm³/mol. The van der Waals surface area contributed by atoms with Gasteiger partial charge in [0.2, 0.25) is 5.54 Å². The molecule has 0 spiro atoms. The Balaban J connectivity index is 3.02. The molecule has 0 aliphatic rings. The van der Waals surface area contributed by atoms with E-state index >= 15 is 0 Å². The fourth-order valence-electron chi connectivity index (χ4n) is 1.84. The highest BCUT2D eigenvalue weighted by atomic mass is 16.6. The van der Waals surface area contributed by atoms with Crippen LogP contribution in [0.5, 0.6) is 0 Å². The highest BCUT2D eigenvalue weighted by Gasteiger charge is 2.41. The van der Waals surface area contributed by atoms with Crippen molar-refractivity contribution in [2.75, 3.05) is 7.11 Å². The van der Waals surface area contributed by atoms with Gasteiger partial charge < -0.3 is 9.84 Å². The lowest BCUT2D eigenvalue weighted by atomic mass is 9.86. The van der Waals surface area contributed by atoms with Crippen LogP contribution in [-0.2, 0) is 9.53 Å². The Kier molecular flexibility index (Phi) is 5.15. The number of ether oxygens (including phenoxy) is 1. The minimum absolute atomic E-state index is 0.148. The van der Waals surface area contributed by atoms with Gasteiger partial charge >= 0.3 is 5.97 Å². The summed E-state index contributed by atoms with van der Waals surface area (Å²) >= 11 is 0. The van der Waals surface area contributed by atoms with Crippen LogP contribution in [0.1, 0.15) is 32.1 Å². The van der Waals surface area contributed by atoms with Crippen molar-refractivity contribution in [3.63, 3.8) is 0 Å². The Bertz CT molecular complexity index is 475. The fraction of sp³-hybridized carbons (Fsp3) is 0.538. The van der Waals surface area contributed by atoms with E-state index in [1.54, 1.807) is 18.2 Å². The van der Waals surface area contributed by atoms with Crippen molar-refractivity contribution in [1.82, 2.24) is 4.98 Å². The molecule has 2 atom stereocenters. The number of pyridine rings is 1. The Morgan fingerprint density at radius 1 is 1.55 bits per heavy atom. The zero-order valence-electron chi connectivity index (χ0n) is 11.6. The molecule has 1 aromatic rings. The van der Waals surface area contributed by atoms with E-state index in [-0.39, 0.29) is 12.1 Å². The molecule has 1 N–H and O–H groups in total. The third kappa shape index (κ3) is 3.74. The van der Waals surface area contributed by atoms with Crippen LogP contribution in [-0.4, -0.2) is 33.6 Å². The molecule has 7 heteroatoms. The van der Waals surface area contributed by atoms with Gasteiger partial charge in [0, 0.05) is 31.4 Å². The third-order valence-corrected chi connectivity index (χ3v) is 3.09. The number of methoxy groups -OCH3 is 1. The maximum Gasteiger partial charge on any atom is 0.311 e. The van der Waals surface area contributed by atoms with Crippen LogP contribution in [0.3, 0.4) is 0 Å². The molecule has 1 rings (SSSR count). The number of carbonyl (C=O) groups is 1. The lowest BCUT2D eigenvalue weighted by Gasteiger charge is -2.25. The second-order valence-electron chi connectivity index (χ2n) is 5.10. The summed E-state index contributed by atoms with van der Waals surface area (Å²) in [6, 6.07) is 4.89. The molecule has 7 nitrogen and oxygen atoms in total. The minimum atomic E-state index is -1.35. The number of rotatable bonds is 6. The summed E-state index contributed by atoms with van der Waals surface area (Å²) in [4.78, 5) is 26.3. The van der Waals surface area contributed by atoms with Crippen LogP contribution >= 0.6 is 0 Å². The van der Waals surface area contributed by atoms with E-state index in [4.69, 9.17) is 0 Å². The van der Waals surface area contributed by atoms with Gasteiger partial charge in [-0.25, -0.2) is 0 Å². The molecule has 110 valence electrons. The molecular formula is C13H18N2O5. The molecule has 0 amide bonds. The first kappa shape index (κ1) is 16.0. The van der Waals surface area contributed by atoms with E-state index in [0.717, 1.165) is 0 Å². The molecule has 0 aliphatic carbocycles. The summed E-state index contributed by atoms with van der Waals surface area (Å²) in [5.41, 5.74) is -1.07. The largest absolute Gasteiger partial charge is 0.469 e. The topological polar surface area (TPSA) is 103 Å². The molecule has 0 radical (unpaired) electrons. The number of nitrogens with zero attached hydrogens (tertiary/aromatic N) is 2. The lowest BCUT2D eigenvalue weighted by Crippen LogP contribution is -2.38.